The van der Waals surface area contributed by atoms with E-state index in [1.54, 1.807) is 12.3 Å². The first kappa shape index (κ1) is 16.4. The Morgan fingerprint density at radius 2 is 2.04 bits per heavy atom. The summed E-state index contributed by atoms with van der Waals surface area (Å²) in [4.78, 5) is 13.2. The lowest BCUT2D eigenvalue weighted by Gasteiger charge is -2.11. The van der Waals surface area contributed by atoms with Crippen molar-refractivity contribution in [2.45, 2.75) is 29.3 Å². The minimum absolute atomic E-state index is 0.0303. The Bertz CT molecular complexity index is 868. The molecule has 0 amide bonds. The van der Waals surface area contributed by atoms with Crippen LogP contribution < -0.4 is 5.73 Å². The average Bonchev–Trinajstić information content (AvgIpc) is 2.88. The summed E-state index contributed by atoms with van der Waals surface area (Å²) in [5.41, 5.74) is 8.34. The maximum atomic E-state index is 6.23. The quantitative estimate of drug-likeness (QED) is 0.309. The minimum Gasteiger partial charge on any atom is -0.461 e. The molecule has 3 aromatic heterocycles. The van der Waals surface area contributed by atoms with Gasteiger partial charge in [-0.25, -0.2) is 15.0 Å². The number of nitrogens with zero attached hydrogens (tertiary/aromatic N) is 3. The van der Waals surface area contributed by atoms with Crippen molar-refractivity contribution in [2.24, 2.45) is 0 Å². The van der Waals surface area contributed by atoms with Gasteiger partial charge in [0.1, 0.15) is 10.8 Å². The zero-order valence-corrected chi connectivity index (χ0v) is 15.2. The van der Waals surface area contributed by atoms with Crippen molar-refractivity contribution in [2.75, 3.05) is 12.0 Å². The Labute approximate surface area is 147 Å². The molecule has 3 aromatic rings. The van der Waals surface area contributed by atoms with E-state index < -0.39 is 0 Å². The monoisotopic (exact) mass is 366 g/mol. The van der Waals surface area contributed by atoms with Gasteiger partial charge in [-0.2, -0.15) is 0 Å². The number of aromatic nitrogens is 3. The number of anilines is 1. The van der Waals surface area contributed by atoms with Gasteiger partial charge in [0.2, 0.25) is 0 Å². The molecule has 0 aromatic carbocycles. The number of pyridine rings is 1. The average molecular weight is 367 g/mol. The SMILES string of the molecule is CSc1cc(N)nc(SC(C)c2cc3c(C)coc3c(Cl)n2)n1. The summed E-state index contributed by atoms with van der Waals surface area (Å²) in [5, 5.41) is 2.85. The zero-order chi connectivity index (χ0) is 16.6. The Kier molecular flexibility index (Phi) is 4.70. The first-order valence-electron chi connectivity index (χ1n) is 6.87. The second-order valence-corrected chi connectivity index (χ2v) is 7.50. The van der Waals surface area contributed by atoms with Gasteiger partial charge in [-0.3, -0.25) is 0 Å². The van der Waals surface area contributed by atoms with Crippen LogP contribution in [0.25, 0.3) is 11.0 Å². The highest BCUT2D eigenvalue weighted by Gasteiger charge is 2.17. The second kappa shape index (κ2) is 6.59. The van der Waals surface area contributed by atoms with Crippen LogP contribution in [0.3, 0.4) is 0 Å². The van der Waals surface area contributed by atoms with Gasteiger partial charge in [-0.1, -0.05) is 23.4 Å². The van der Waals surface area contributed by atoms with Crippen LogP contribution in [0, 0.1) is 6.92 Å². The van der Waals surface area contributed by atoms with Crippen molar-refractivity contribution < 1.29 is 4.42 Å². The molecule has 120 valence electrons. The van der Waals surface area contributed by atoms with E-state index in [0.29, 0.717) is 21.7 Å². The van der Waals surface area contributed by atoms with E-state index in [0.717, 1.165) is 21.7 Å². The summed E-state index contributed by atoms with van der Waals surface area (Å²) in [6, 6.07) is 3.76. The Morgan fingerprint density at radius 3 is 2.78 bits per heavy atom. The van der Waals surface area contributed by atoms with Gasteiger partial charge in [0.05, 0.1) is 17.2 Å². The molecule has 0 fully saturated rings. The van der Waals surface area contributed by atoms with Crippen LogP contribution in [0.1, 0.15) is 23.4 Å². The number of hydrogen-bond acceptors (Lipinski definition) is 7. The summed E-state index contributed by atoms with van der Waals surface area (Å²) in [5.74, 6) is 0.464. The van der Waals surface area contributed by atoms with Gasteiger partial charge in [0.15, 0.2) is 15.9 Å². The fourth-order valence-corrected chi connectivity index (χ4v) is 3.73. The number of thioether (sulfide) groups is 2. The third-order valence-corrected chi connectivity index (χ3v) is 5.21. The van der Waals surface area contributed by atoms with Crippen molar-refractivity contribution in [3.05, 3.63) is 34.8 Å². The van der Waals surface area contributed by atoms with Crippen LogP contribution in [0.5, 0.6) is 0 Å². The van der Waals surface area contributed by atoms with E-state index >= 15 is 0 Å². The first-order chi connectivity index (χ1) is 11.0. The summed E-state index contributed by atoms with van der Waals surface area (Å²) in [7, 11) is 0. The van der Waals surface area contributed by atoms with Gasteiger partial charge in [-0.15, -0.1) is 11.8 Å². The summed E-state index contributed by atoms with van der Waals surface area (Å²) in [6.45, 7) is 4.02. The topological polar surface area (TPSA) is 77.8 Å². The smallest absolute Gasteiger partial charge is 0.191 e. The van der Waals surface area contributed by atoms with Crippen molar-refractivity contribution in [3.63, 3.8) is 0 Å². The molecular formula is C15H15ClN4OS2. The lowest BCUT2D eigenvalue weighted by Crippen LogP contribution is -1.99. The fourth-order valence-electron chi connectivity index (χ4n) is 2.14. The van der Waals surface area contributed by atoms with Crippen LogP contribution in [0.15, 0.2) is 33.0 Å². The van der Waals surface area contributed by atoms with Gasteiger partial charge >= 0.3 is 0 Å². The molecule has 23 heavy (non-hydrogen) atoms. The molecule has 5 nitrogen and oxygen atoms in total. The first-order valence-corrected chi connectivity index (χ1v) is 9.35. The highest BCUT2D eigenvalue weighted by Crippen LogP contribution is 2.36. The maximum Gasteiger partial charge on any atom is 0.191 e. The fraction of sp³-hybridized carbons (Fsp3) is 0.267. The number of nitrogen functional groups attached to an aromatic ring is 1. The third kappa shape index (κ3) is 3.41. The van der Waals surface area contributed by atoms with Gasteiger partial charge < -0.3 is 10.2 Å². The maximum absolute atomic E-state index is 6.23. The lowest BCUT2D eigenvalue weighted by atomic mass is 10.2. The minimum atomic E-state index is 0.0303. The Hall–Kier alpha value is -1.44. The molecule has 0 aliphatic carbocycles. The molecule has 0 aliphatic heterocycles. The molecule has 8 heteroatoms. The second-order valence-electron chi connectivity index (χ2n) is 5.01. The number of fused-ring (bicyclic) bond motifs is 1. The van der Waals surface area contributed by atoms with Crippen molar-refractivity contribution in [1.29, 1.82) is 0 Å². The van der Waals surface area contributed by atoms with E-state index in [1.807, 2.05) is 26.2 Å². The molecule has 0 radical (unpaired) electrons. The van der Waals surface area contributed by atoms with E-state index in [-0.39, 0.29) is 5.25 Å². The molecule has 0 spiro atoms. The molecule has 3 rings (SSSR count). The van der Waals surface area contributed by atoms with Crippen molar-refractivity contribution in [1.82, 2.24) is 15.0 Å². The highest BCUT2D eigenvalue weighted by molar-refractivity contribution is 7.99. The number of hydrogen-bond donors (Lipinski definition) is 1. The Morgan fingerprint density at radius 1 is 1.26 bits per heavy atom. The van der Waals surface area contributed by atoms with E-state index in [4.69, 9.17) is 21.8 Å². The Balaban J connectivity index is 1.93. The predicted molar refractivity (Wildman–Crippen MR) is 96.3 cm³/mol. The van der Waals surface area contributed by atoms with E-state index in [9.17, 15) is 0 Å². The molecule has 3 heterocycles. The number of nitrogens with two attached hydrogens (primary N) is 1. The van der Waals surface area contributed by atoms with E-state index in [2.05, 4.69) is 15.0 Å². The third-order valence-electron chi connectivity index (χ3n) is 3.34. The number of rotatable bonds is 4. The van der Waals surface area contributed by atoms with Crippen LogP contribution in [0.4, 0.5) is 5.82 Å². The molecule has 0 bridgehead atoms. The van der Waals surface area contributed by atoms with E-state index in [1.165, 1.54) is 23.5 Å². The van der Waals surface area contributed by atoms with Crippen molar-refractivity contribution >= 4 is 51.9 Å². The molecule has 2 N–H and O–H groups in total. The standard InChI is InChI=1S/C15H15ClN4OS2/c1-7-6-21-13-9(7)4-10(18-14(13)16)8(2)23-15-19-11(17)5-12(20-15)22-3/h4-6,8H,1-3H3,(H2,17,19,20). The summed E-state index contributed by atoms with van der Waals surface area (Å²) >= 11 is 9.26. The highest BCUT2D eigenvalue weighted by atomic mass is 35.5. The summed E-state index contributed by atoms with van der Waals surface area (Å²) < 4.78 is 5.43. The molecule has 1 unspecified atom stereocenters. The zero-order valence-electron chi connectivity index (χ0n) is 12.8. The number of aryl methyl sites for hydroxylation is 1. The van der Waals surface area contributed by atoms with Crippen LogP contribution >= 0.6 is 35.1 Å². The summed E-state index contributed by atoms with van der Waals surface area (Å²) in [6.07, 6.45) is 3.64. The van der Waals surface area contributed by atoms with Crippen LogP contribution in [0.2, 0.25) is 5.15 Å². The van der Waals surface area contributed by atoms with Crippen LogP contribution in [-0.2, 0) is 0 Å². The predicted octanol–water partition coefficient (Wildman–Crippen LogP) is 4.74. The van der Waals surface area contributed by atoms with Gasteiger partial charge in [0.25, 0.3) is 0 Å². The molecule has 0 saturated heterocycles. The van der Waals surface area contributed by atoms with Crippen molar-refractivity contribution in [3.8, 4) is 0 Å². The number of furan rings is 1. The molecule has 0 aliphatic rings. The molecular weight excluding hydrogens is 352 g/mol. The molecule has 0 saturated carbocycles. The van der Waals surface area contributed by atoms with Crippen LogP contribution in [-0.4, -0.2) is 21.2 Å². The largest absolute Gasteiger partial charge is 0.461 e. The lowest BCUT2D eigenvalue weighted by molar-refractivity contribution is 0.611. The normalized spacial score (nSPS) is 12.7. The number of halogens is 1. The van der Waals surface area contributed by atoms with Gasteiger partial charge in [-0.05, 0) is 31.7 Å². The molecule has 1 atom stereocenters. The van der Waals surface area contributed by atoms with Gasteiger partial charge in [0, 0.05) is 11.5 Å².